The molecule has 3 fully saturated rings. The van der Waals surface area contributed by atoms with Gasteiger partial charge in [-0.25, -0.2) is 0 Å². The summed E-state index contributed by atoms with van der Waals surface area (Å²) in [5.41, 5.74) is -6.86. The minimum atomic E-state index is -2.39. The van der Waals surface area contributed by atoms with E-state index in [0.717, 1.165) is 0 Å². The van der Waals surface area contributed by atoms with Crippen LogP contribution in [0.5, 0.6) is 0 Å². The van der Waals surface area contributed by atoms with Crippen molar-refractivity contribution in [3.63, 3.8) is 0 Å². The molecule has 0 atom stereocenters. The van der Waals surface area contributed by atoms with Gasteiger partial charge in [-0.05, 0) is 89.5 Å². The van der Waals surface area contributed by atoms with E-state index in [2.05, 4.69) is 0 Å². The number of carbonyl (C=O) groups excluding carboxylic acids is 3. The zero-order chi connectivity index (χ0) is 35.5. The van der Waals surface area contributed by atoms with Crippen molar-refractivity contribution < 1.29 is 44.2 Å². The van der Waals surface area contributed by atoms with Gasteiger partial charge in [0, 0.05) is 71.8 Å². The summed E-state index contributed by atoms with van der Waals surface area (Å²) in [7, 11) is 0. The normalized spacial score (nSPS) is 27.1. The van der Waals surface area contributed by atoms with E-state index in [0.29, 0.717) is 0 Å². The lowest BCUT2D eigenvalue weighted by Crippen LogP contribution is -2.63. The molecule has 0 unspecified atom stereocenters. The van der Waals surface area contributed by atoms with Crippen LogP contribution in [0.3, 0.4) is 0 Å². The Kier molecular flexibility index (Phi) is 10.5. The molecule has 0 aromatic heterocycles. The number of ether oxygens (including phenoxy) is 3. The van der Waals surface area contributed by atoms with Crippen LogP contribution in [0, 0.1) is 5.41 Å². The minimum absolute atomic E-state index is 0.188. The largest absolute Gasteiger partial charge is 0.461 e. The molecule has 0 aliphatic carbocycles. The van der Waals surface area contributed by atoms with Crippen LogP contribution in [0.25, 0.3) is 0 Å². The first kappa shape index (κ1) is 38.6. The van der Waals surface area contributed by atoms with Crippen LogP contribution in [0.1, 0.15) is 141 Å². The molecule has 266 valence electrons. The highest BCUT2D eigenvalue weighted by atomic mass is 16.6. The van der Waals surface area contributed by atoms with E-state index < -0.39 is 74.9 Å². The SMILES string of the molecule is CCCC(C(=O)OC1CC(C)(C)N(O)C(C)(C)C1)(C(=O)OC1CC(C)(C)N(O)C(C)(C)C1)C(=O)OC1CC(C)(C)N(O)C(C)(C)C1. The van der Waals surface area contributed by atoms with Gasteiger partial charge in [-0.2, -0.15) is 15.2 Å². The highest BCUT2D eigenvalue weighted by Crippen LogP contribution is 2.44. The Morgan fingerprint density at radius 1 is 0.522 bits per heavy atom. The molecule has 0 spiro atoms. The van der Waals surface area contributed by atoms with Crippen molar-refractivity contribution >= 4 is 17.9 Å². The number of hydroxylamine groups is 6. The molecule has 3 saturated heterocycles. The van der Waals surface area contributed by atoms with Gasteiger partial charge in [-0.15, -0.1) is 0 Å². The number of rotatable bonds is 8. The second-order valence-electron chi connectivity index (χ2n) is 17.8. The van der Waals surface area contributed by atoms with Crippen molar-refractivity contribution in [2.24, 2.45) is 5.41 Å². The zero-order valence-corrected chi connectivity index (χ0v) is 30.5. The van der Waals surface area contributed by atoms with Crippen molar-refractivity contribution in [1.82, 2.24) is 15.2 Å². The molecule has 46 heavy (non-hydrogen) atoms. The van der Waals surface area contributed by atoms with Gasteiger partial charge in [-0.3, -0.25) is 14.4 Å². The Bertz CT molecular complexity index is 973. The number of piperidine rings is 3. The van der Waals surface area contributed by atoms with Gasteiger partial charge in [0.1, 0.15) is 18.3 Å². The maximum absolute atomic E-state index is 14.4. The van der Waals surface area contributed by atoms with E-state index in [1.165, 1.54) is 15.2 Å². The third-order valence-electron chi connectivity index (χ3n) is 10.3. The molecule has 3 aliphatic rings. The highest BCUT2D eigenvalue weighted by Gasteiger charge is 2.61. The number of carbonyl (C=O) groups is 3. The van der Waals surface area contributed by atoms with E-state index in [-0.39, 0.29) is 51.4 Å². The van der Waals surface area contributed by atoms with E-state index in [4.69, 9.17) is 14.2 Å². The summed E-state index contributed by atoms with van der Waals surface area (Å²) in [6.45, 7) is 23.8. The van der Waals surface area contributed by atoms with Gasteiger partial charge in [0.25, 0.3) is 5.41 Å². The Morgan fingerprint density at radius 3 is 0.891 bits per heavy atom. The Hall–Kier alpha value is -1.83. The first-order chi connectivity index (χ1) is 20.6. The fourth-order valence-electron chi connectivity index (χ4n) is 8.47. The quantitative estimate of drug-likeness (QED) is 0.169. The van der Waals surface area contributed by atoms with Gasteiger partial charge < -0.3 is 29.8 Å². The van der Waals surface area contributed by atoms with Crippen molar-refractivity contribution in [3.8, 4) is 0 Å². The fourth-order valence-corrected chi connectivity index (χ4v) is 8.47. The molecule has 12 heteroatoms. The summed E-state index contributed by atoms with van der Waals surface area (Å²) in [4.78, 5) is 43.2. The lowest BCUT2D eigenvalue weighted by molar-refractivity contribution is -0.265. The molecular weight excluding hydrogens is 594 g/mol. The molecule has 3 rings (SSSR count). The van der Waals surface area contributed by atoms with E-state index in [1.807, 2.05) is 83.1 Å². The number of nitrogens with zero attached hydrogens (tertiary/aromatic N) is 3. The van der Waals surface area contributed by atoms with Crippen LogP contribution < -0.4 is 0 Å². The first-order valence-electron chi connectivity index (χ1n) is 16.8. The zero-order valence-electron chi connectivity index (χ0n) is 30.5. The monoisotopic (exact) mass is 655 g/mol. The topological polar surface area (TPSA) is 149 Å². The Morgan fingerprint density at radius 2 is 0.717 bits per heavy atom. The summed E-state index contributed by atoms with van der Waals surface area (Å²) in [6, 6.07) is 0. The average molecular weight is 656 g/mol. The van der Waals surface area contributed by atoms with Gasteiger partial charge in [0.05, 0.1) is 0 Å². The maximum atomic E-state index is 14.4. The van der Waals surface area contributed by atoms with Gasteiger partial charge >= 0.3 is 17.9 Å². The second-order valence-corrected chi connectivity index (χ2v) is 17.8. The highest BCUT2D eigenvalue weighted by molar-refractivity contribution is 6.18. The first-order valence-corrected chi connectivity index (χ1v) is 16.8. The van der Waals surface area contributed by atoms with Crippen molar-refractivity contribution in [3.05, 3.63) is 0 Å². The second kappa shape index (κ2) is 12.6. The lowest BCUT2D eigenvalue weighted by Gasteiger charge is -2.52. The van der Waals surface area contributed by atoms with Crippen molar-refractivity contribution in [1.29, 1.82) is 0 Å². The molecule has 3 heterocycles. The smallest absolute Gasteiger partial charge is 0.335 e. The molecule has 0 amide bonds. The summed E-state index contributed by atoms with van der Waals surface area (Å²) >= 11 is 0. The van der Waals surface area contributed by atoms with Gasteiger partial charge in [0.2, 0.25) is 0 Å². The van der Waals surface area contributed by atoms with Crippen LogP contribution in [-0.4, -0.2) is 100 Å². The molecule has 0 aromatic rings. The van der Waals surface area contributed by atoms with Crippen LogP contribution in [0.4, 0.5) is 0 Å². The fraction of sp³-hybridized carbons (Fsp3) is 0.912. The molecule has 3 aliphatic heterocycles. The Balaban J connectivity index is 2.02. The van der Waals surface area contributed by atoms with E-state index >= 15 is 0 Å². The summed E-state index contributed by atoms with van der Waals surface area (Å²) in [6.07, 6.45) is -0.315. The molecule has 0 radical (unpaired) electrons. The Labute approximate surface area is 275 Å². The molecule has 0 aromatic carbocycles. The van der Waals surface area contributed by atoms with Crippen LogP contribution in [0.2, 0.25) is 0 Å². The molecule has 0 saturated carbocycles. The third kappa shape index (κ3) is 7.42. The van der Waals surface area contributed by atoms with Crippen LogP contribution in [0.15, 0.2) is 0 Å². The van der Waals surface area contributed by atoms with Crippen LogP contribution >= 0.6 is 0 Å². The maximum Gasteiger partial charge on any atom is 0.335 e. The predicted octanol–water partition coefficient (Wildman–Crippen LogP) is 5.63. The van der Waals surface area contributed by atoms with Crippen molar-refractivity contribution in [2.75, 3.05) is 0 Å². The van der Waals surface area contributed by atoms with Crippen LogP contribution in [-0.2, 0) is 28.6 Å². The van der Waals surface area contributed by atoms with Gasteiger partial charge in [-0.1, -0.05) is 13.3 Å². The van der Waals surface area contributed by atoms with Crippen molar-refractivity contribution in [2.45, 2.75) is 193 Å². The molecular formula is C34H61N3O9. The number of hydrogen-bond donors (Lipinski definition) is 3. The molecule has 0 bridgehead atoms. The summed E-state index contributed by atoms with van der Waals surface area (Å²) in [5.74, 6) is -3.07. The molecule has 3 N–H and O–H groups in total. The predicted molar refractivity (Wildman–Crippen MR) is 170 cm³/mol. The van der Waals surface area contributed by atoms with E-state index in [9.17, 15) is 30.0 Å². The molecule has 12 nitrogen and oxygen atoms in total. The van der Waals surface area contributed by atoms with E-state index in [1.54, 1.807) is 6.92 Å². The van der Waals surface area contributed by atoms with Gasteiger partial charge in [0.15, 0.2) is 0 Å². The summed E-state index contributed by atoms with van der Waals surface area (Å²) < 4.78 is 18.2. The average Bonchev–Trinajstić information content (AvgIpc) is 2.86. The number of hydrogen-bond acceptors (Lipinski definition) is 12. The number of esters is 3. The lowest BCUT2D eigenvalue weighted by atomic mass is 9.78. The minimum Gasteiger partial charge on any atom is -0.461 e. The standard InChI is InChI=1S/C34H61N3O9/c1-14-15-34(25(38)44-22-16-28(2,3)35(41)29(4,5)17-22,26(39)45-23-18-30(6,7)36(42)31(8,9)19-23)27(40)46-24-20-32(10,11)37(43)33(12,13)21-24/h22-24,41-43H,14-21H2,1-13H3. The summed E-state index contributed by atoms with van der Waals surface area (Å²) in [5, 5.41) is 36.2. The third-order valence-corrected chi connectivity index (χ3v) is 10.3.